The van der Waals surface area contributed by atoms with E-state index in [0.29, 0.717) is 0 Å². The molecule has 0 spiro atoms. The van der Waals surface area contributed by atoms with Gasteiger partial charge in [0.05, 0.1) is 0 Å². The number of rotatable bonds is 4. The van der Waals surface area contributed by atoms with Crippen LogP contribution in [-0.2, 0) is 6.54 Å². The zero-order valence-corrected chi connectivity index (χ0v) is 13.2. The maximum Gasteiger partial charge on any atom is 0.0271 e. The van der Waals surface area contributed by atoms with Crippen molar-refractivity contribution in [1.82, 2.24) is 14.8 Å². The van der Waals surface area contributed by atoms with Gasteiger partial charge < -0.3 is 4.90 Å². The minimum Gasteiger partial charge on any atom is -0.303 e. The van der Waals surface area contributed by atoms with E-state index < -0.39 is 0 Å². The second kappa shape index (κ2) is 7.90. The molecule has 0 amide bonds. The molecule has 0 N–H and O–H groups in total. The zero-order valence-electron chi connectivity index (χ0n) is 13.2. The fourth-order valence-electron chi connectivity index (χ4n) is 3.87. The third-order valence-electron chi connectivity index (χ3n) is 4.97. The minimum atomic E-state index is 0.874. The molecular formula is C18H29N3. The Hall–Kier alpha value is -0.930. The molecule has 0 bridgehead atoms. The van der Waals surface area contributed by atoms with E-state index in [1.165, 1.54) is 76.8 Å². The van der Waals surface area contributed by atoms with E-state index in [0.717, 1.165) is 12.5 Å². The smallest absolute Gasteiger partial charge is 0.0271 e. The maximum atomic E-state index is 4.11. The lowest BCUT2D eigenvalue weighted by atomic mass is 9.97. The predicted molar refractivity (Wildman–Crippen MR) is 87.1 cm³/mol. The SMILES string of the molecule is c1cc(CN2CCC[C@H](CN3CCCCCC3)C2)ccn1. The van der Waals surface area contributed by atoms with Crippen LogP contribution in [0.1, 0.15) is 44.1 Å². The van der Waals surface area contributed by atoms with Crippen molar-refractivity contribution in [2.75, 3.05) is 32.7 Å². The Balaban J connectivity index is 1.48. The molecule has 0 saturated carbocycles. The molecule has 2 aliphatic heterocycles. The fourth-order valence-corrected chi connectivity index (χ4v) is 3.87. The Morgan fingerprint density at radius 3 is 2.38 bits per heavy atom. The van der Waals surface area contributed by atoms with Crippen molar-refractivity contribution < 1.29 is 0 Å². The zero-order chi connectivity index (χ0) is 14.3. The first-order valence-electron chi connectivity index (χ1n) is 8.74. The van der Waals surface area contributed by atoms with Gasteiger partial charge in [0, 0.05) is 32.0 Å². The van der Waals surface area contributed by atoms with Crippen LogP contribution < -0.4 is 0 Å². The molecule has 1 aromatic heterocycles. The summed E-state index contributed by atoms with van der Waals surface area (Å²) in [7, 11) is 0. The number of nitrogens with zero attached hydrogens (tertiary/aromatic N) is 3. The quantitative estimate of drug-likeness (QED) is 0.848. The minimum absolute atomic E-state index is 0.874. The second-order valence-electron chi connectivity index (χ2n) is 6.81. The molecule has 0 aliphatic carbocycles. The molecule has 2 fully saturated rings. The summed E-state index contributed by atoms with van der Waals surface area (Å²) in [5, 5.41) is 0. The first-order valence-corrected chi connectivity index (χ1v) is 8.74. The van der Waals surface area contributed by atoms with Crippen molar-refractivity contribution in [3.05, 3.63) is 30.1 Å². The average molecular weight is 287 g/mol. The van der Waals surface area contributed by atoms with Gasteiger partial charge in [-0.2, -0.15) is 0 Å². The van der Waals surface area contributed by atoms with E-state index in [1.54, 1.807) is 0 Å². The highest BCUT2D eigenvalue weighted by Gasteiger charge is 2.22. The Labute approximate surface area is 129 Å². The number of likely N-dealkylation sites (tertiary alicyclic amines) is 2. The van der Waals surface area contributed by atoms with Gasteiger partial charge >= 0.3 is 0 Å². The molecule has 1 aromatic rings. The van der Waals surface area contributed by atoms with Gasteiger partial charge in [0.25, 0.3) is 0 Å². The molecular weight excluding hydrogens is 258 g/mol. The molecule has 0 aromatic carbocycles. The summed E-state index contributed by atoms with van der Waals surface area (Å²) in [6, 6.07) is 4.30. The summed E-state index contributed by atoms with van der Waals surface area (Å²) in [6.45, 7) is 7.63. The Morgan fingerprint density at radius 2 is 1.62 bits per heavy atom. The highest BCUT2D eigenvalue weighted by Crippen LogP contribution is 2.21. The van der Waals surface area contributed by atoms with Crippen LogP contribution in [0.4, 0.5) is 0 Å². The molecule has 116 valence electrons. The van der Waals surface area contributed by atoms with Crippen LogP contribution >= 0.6 is 0 Å². The van der Waals surface area contributed by atoms with Gasteiger partial charge in [-0.3, -0.25) is 9.88 Å². The number of pyridine rings is 1. The highest BCUT2D eigenvalue weighted by atomic mass is 15.2. The lowest BCUT2D eigenvalue weighted by molar-refractivity contribution is 0.129. The molecule has 2 saturated heterocycles. The fraction of sp³-hybridized carbons (Fsp3) is 0.722. The molecule has 3 nitrogen and oxygen atoms in total. The van der Waals surface area contributed by atoms with E-state index in [9.17, 15) is 0 Å². The largest absolute Gasteiger partial charge is 0.303 e. The van der Waals surface area contributed by atoms with Crippen LogP contribution in [0.2, 0.25) is 0 Å². The molecule has 3 heteroatoms. The van der Waals surface area contributed by atoms with Crippen molar-refractivity contribution in [3.63, 3.8) is 0 Å². The number of hydrogen-bond donors (Lipinski definition) is 0. The number of aromatic nitrogens is 1. The Morgan fingerprint density at radius 1 is 0.905 bits per heavy atom. The summed E-state index contributed by atoms with van der Waals surface area (Å²) in [4.78, 5) is 9.48. The van der Waals surface area contributed by atoms with E-state index in [4.69, 9.17) is 0 Å². The van der Waals surface area contributed by atoms with Crippen molar-refractivity contribution in [3.8, 4) is 0 Å². The molecule has 0 radical (unpaired) electrons. The summed E-state index contributed by atoms with van der Waals surface area (Å²) >= 11 is 0. The normalized spacial score (nSPS) is 25.6. The van der Waals surface area contributed by atoms with E-state index >= 15 is 0 Å². The van der Waals surface area contributed by atoms with Crippen LogP contribution in [-0.4, -0.2) is 47.5 Å². The van der Waals surface area contributed by atoms with Gasteiger partial charge in [-0.15, -0.1) is 0 Å². The van der Waals surface area contributed by atoms with Crippen molar-refractivity contribution in [2.24, 2.45) is 5.92 Å². The third-order valence-corrected chi connectivity index (χ3v) is 4.97. The molecule has 0 unspecified atom stereocenters. The van der Waals surface area contributed by atoms with E-state index in [2.05, 4.69) is 26.9 Å². The maximum absolute atomic E-state index is 4.11. The van der Waals surface area contributed by atoms with Gasteiger partial charge in [0.2, 0.25) is 0 Å². The summed E-state index contributed by atoms with van der Waals surface area (Å²) in [5.74, 6) is 0.874. The third kappa shape index (κ3) is 4.79. The highest BCUT2D eigenvalue weighted by molar-refractivity contribution is 5.09. The van der Waals surface area contributed by atoms with Gasteiger partial charge in [0.1, 0.15) is 0 Å². The van der Waals surface area contributed by atoms with Crippen LogP contribution in [0, 0.1) is 5.92 Å². The predicted octanol–water partition coefficient (Wildman–Crippen LogP) is 3.17. The summed E-state index contributed by atoms with van der Waals surface area (Å²) in [5.41, 5.74) is 1.40. The Bertz CT molecular complexity index is 398. The van der Waals surface area contributed by atoms with Crippen molar-refractivity contribution in [2.45, 2.75) is 45.1 Å². The average Bonchev–Trinajstić information content (AvgIpc) is 2.77. The van der Waals surface area contributed by atoms with Crippen LogP contribution in [0.15, 0.2) is 24.5 Å². The monoisotopic (exact) mass is 287 g/mol. The molecule has 3 heterocycles. The number of hydrogen-bond acceptors (Lipinski definition) is 3. The van der Waals surface area contributed by atoms with Gasteiger partial charge in [-0.05, 0) is 68.9 Å². The topological polar surface area (TPSA) is 19.4 Å². The molecule has 21 heavy (non-hydrogen) atoms. The standard InChI is InChI=1S/C18H29N3/c1-2-4-12-20(11-3-1)15-18-6-5-13-21(16-18)14-17-7-9-19-10-8-17/h7-10,18H,1-6,11-16H2/t18-/m1/s1. The van der Waals surface area contributed by atoms with E-state index in [-0.39, 0.29) is 0 Å². The van der Waals surface area contributed by atoms with Crippen LogP contribution in [0.5, 0.6) is 0 Å². The van der Waals surface area contributed by atoms with Crippen LogP contribution in [0.25, 0.3) is 0 Å². The van der Waals surface area contributed by atoms with Crippen molar-refractivity contribution in [1.29, 1.82) is 0 Å². The first-order chi connectivity index (χ1) is 10.4. The summed E-state index contributed by atoms with van der Waals surface area (Å²) < 4.78 is 0. The van der Waals surface area contributed by atoms with Gasteiger partial charge in [-0.25, -0.2) is 0 Å². The van der Waals surface area contributed by atoms with Crippen molar-refractivity contribution >= 4 is 0 Å². The number of piperidine rings is 1. The second-order valence-corrected chi connectivity index (χ2v) is 6.81. The molecule has 1 atom stereocenters. The Kier molecular flexibility index (Phi) is 5.64. The van der Waals surface area contributed by atoms with E-state index in [1.807, 2.05) is 12.4 Å². The van der Waals surface area contributed by atoms with Gasteiger partial charge in [-0.1, -0.05) is 12.8 Å². The molecule has 2 aliphatic rings. The lowest BCUT2D eigenvalue weighted by Crippen LogP contribution is -2.41. The molecule has 3 rings (SSSR count). The van der Waals surface area contributed by atoms with Crippen LogP contribution in [0.3, 0.4) is 0 Å². The first kappa shape index (κ1) is 15.0. The lowest BCUT2D eigenvalue weighted by Gasteiger charge is -2.35. The summed E-state index contributed by atoms with van der Waals surface area (Å²) in [6.07, 6.45) is 12.3. The van der Waals surface area contributed by atoms with Gasteiger partial charge in [0.15, 0.2) is 0 Å².